The molecule has 3 heteroatoms. The lowest BCUT2D eigenvalue weighted by Crippen LogP contribution is -2.22. The fraction of sp³-hybridized carbons (Fsp3) is 0.0909. The third-order valence-corrected chi connectivity index (χ3v) is 5.02. The first-order valence-electron chi connectivity index (χ1n) is 4.49. The van der Waals surface area contributed by atoms with Crippen molar-refractivity contribution in [3.8, 4) is 0 Å². The SMILES string of the molecule is C1=CNC2C(=C1)I=Cc1cccnc12. The number of nitrogens with one attached hydrogen (secondary N) is 1. The van der Waals surface area contributed by atoms with Gasteiger partial charge in [-0.15, -0.1) is 0 Å². The molecule has 1 N–H and O–H groups in total. The summed E-state index contributed by atoms with van der Waals surface area (Å²) in [6.45, 7) is 0. The standard InChI is InChI=1S/C11H9IN2/c1-3-8-7-12-9-4-2-6-14-11(9)10(8)13-5-1/h1-7,11,14H. The number of rotatable bonds is 0. The van der Waals surface area contributed by atoms with Crippen molar-refractivity contribution < 1.29 is 0 Å². The molecule has 14 heavy (non-hydrogen) atoms. The number of hydrogen-bond donors (Lipinski definition) is 1. The van der Waals surface area contributed by atoms with E-state index in [9.17, 15) is 0 Å². The highest BCUT2D eigenvalue weighted by atomic mass is 127. The van der Waals surface area contributed by atoms with E-state index in [4.69, 9.17) is 0 Å². The highest BCUT2D eigenvalue weighted by Crippen LogP contribution is 2.36. The van der Waals surface area contributed by atoms with E-state index in [0.29, 0.717) is 6.04 Å². The molecule has 0 aromatic carbocycles. The number of hydrogen-bond acceptors (Lipinski definition) is 2. The Labute approximate surface area is 92.5 Å². The molecular formula is C11H9IN2. The summed E-state index contributed by atoms with van der Waals surface area (Å²) in [6, 6.07) is 4.50. The Morgan fingerprint density at radius 1 is 1.43 bits per heavy atom. The second-order valence-electron chi connectivity index (χ2n) is 3.21. The van der Waals surface area contributed by atoms with Gasteiger partial charge in [0.05, 0.1) is 11.7 Å². The first kappa shape index (κ1) is 8.35. The third kappa shape index (κ3) is 1.23. The van der Waals surface area contributed by atoms with Crippen molar-refractivity contribution in [2.75, 3.05) is 0 Å². The maximum atomic E-state index is 4.45. The molecule has 1 atom stereocenters. The number of dihydropyridines is 1. The molecule has 0 spiro atoms. The molecule has 0 amide bonds. The monoisotopic (exact) mass is 296 g/mol. The van der Waals surface area contributed by atoms with Crippen LogP contribution >= 0.6 is 20.7 Å². The number of pyridine rings is 1. The van der Waals surface area contributed by atoms with Crippen LogP contribution in [0.5, 0.6) is 0 Å². The topological polar surface area (TPSA) is 24.9 Å². The van der Waals surface area contributed by atoms with Gasteiger partial charge < -0.3 is 5.32 Å². The van der Waals surface area contributed by atoms with Crippen molar-refractivity contribution >= 4 is 24.7 Å². The lowest BCUT2D eigenvalue weighted by atomic mass is 10.1. The van der Waals surface area contributed by atoms with E-state index in [1.165, 1.54) is 14.8 Å². The minimum absolute atomic E-state index is 0.0468. The van der Waals surface area contributed by atoms with Crippen LogP contribution in [0.2, 0.25) is 0 Å². The van der Waals surface area contributed by atoms with E-state index in [2.05, 4.69) is 32.5 Å². The van der Waals surface area contributed by atoms with Gasteiger partial charge in [-0.05, 0) is 28.4 Å². The molecule has 3 rings (SSSR count). The molecule has 1 aromatic rings. The molecule has 0 radical (unpaired) electrons. The maximum absolute atomic E-state index is 4.45. The minimum atomic E-state index is 0.0468. The molecular weight excluding hydrogens is 287 g/mol. The Hall–Kier alpha value is -0.970. The van der Waals surface area contributed by atoms with Crippen molar-refractivity contribution in [1.82, 2.24) is 10.3 Å². The van der Waals surface area contributed by atoms with E-state index in [1.54, 1.807) is 0 Å². The Morgan fingerprint density at radius 3 is 3.43 bits per heavy atom. The zero-order valence-corrected chi connectivity index (χ0v) is 9.60. The lowest BCUT2D eigenvalue weighted by molar-refractivity contribution is 0.715. The van der Waals surface area contributed by atoms with Crippen LogP contribution in [0.25, 0.3) is 0 Å². The Balaban J connectivity index is 2.18. The summed E-state index contributed by atoms with van der Waals surface area (Å²) < 4.78 is 3.86. The van der Waals surface area contributed by atoms with Crippen LogP contribution in [0.15, 0.2) is 40.3 Å². The van der Waals surface area contributed by atoms with Crippen molar-refractivity contribution in [3.05, 3.63) is 51.5 Å². The molecule has 1 unspecified atom stereocenters. The van der Waals surface area contributed by atoms with Gasteiger partial charge in [0.15, 0.2) is 0 Å². The van der Waals surface area contributed by atoms with Gasteiger partial charge in [-0.25, -0.2) is 0 Å². The van der Waals surface area contributed by atoms with Gasteiger partial charge in [-0.2, -0.15) is 0 Å². The van der Waals surface area contributed by atoms with Gasteiger partial charge in [-0.1, -0.05) is 26.8 Å². The summed E-state index contributed by atoms with van der Waals surface area (Å²) in [5.41, 5.74) is 2.49. The van der Waals surface area contributed by atoms with Gasteiger partial charge in [-0.3, -0.25) is 4.98 Å². The van der Waals surface area contributed by atoms with Gasteiger partial charge >= 0.3 is 0 Å². The molecule has 2 nitrogen and oxygen atoms in total. The normalized spacial score (nSPS) is 22.6. The Kier molecular flexibility index (Phi) is 1.97. The summed E-state index contributed by atoms with van der Waals surface area (Å²) in [4.78, 5) is 4.45. The molecule has 70 valence electrons. The minimum Gasteiger partial charge on any atom is -0.378 e. The highest BCUT2D eigenvalue weighted by Gasteiger charge is 2.22. The molecule has 2 aliphatic rings. The van der Waals surface area contributed by atoms with Crippen LogP contribution in [0.3, 0.4) is 0 Å². The molecule has 3 heterocycles. The predicted molar refractivity (Wildman–Crippen MR) is 66.5 cm³/mol. The molecule has 0 bridgehead atoms. The molecule has 0 saturated carbocycles. The largest absolute Gasteiger partial charge is 0.378 e. The van der Waals surface area contributed by atoms with Crippen LogP contribution < -0.4 is 5.32 Å². The van der Waals surface area contributed by atoms with Crippen molar-refractivity contribution in [3.63, 3.8) is 0 Å². The van der Waals surface area contributed by atoms with Crippen LogP contribution in [-0.2, 0) is 0 Å². The summed E-state index contributed by atoms with van der Waals surface area (Å²) >= 11 is 0.0468. The van der Waals surface area contributed by atoms with E-state index in [1.807, 2.05) is 18.5 Å². The summed E-state index contributed by atoms with van der Waals surface area (Å²) in [5, 5.41) is 3.37. The predicted octanol–water partition coefficient (Wildman–Crippen LogP) is 2.26. The average Bonchev–Trinajstić information content (AvgIpc) is 2.29. The summed E-state index contributed by atoms with van der Waals surface area (Å²) in [5.74, 6) is 0. The van der Waals surface area contributed by atoms with Crippen LogP contribution in [0.1, 0.15) is 17.3 Å². The fourth-order valence-electron chi connectivity index (χ4n) is 1.66. The van der Waals surface area contributed by atoms with E-state index < -0.39 is 0 Å². The zero-order chi connectivity index (χ0) is 9.38. The van der Waals surface area contributed by atoms with Crippen molar-refractivity contribution in [2.45, 2.75) is 6.04 Å². The second kappa shape index (κ2) is 3.31. The first-order chi connectivity index (χ1) is 6.95. The van der Waals surface area contributed by atoms with Crippen LogP contribution in [0, 0.1) is 0 Å². The second-order valence-corrected chi connectivity index (χ2v) is 5.70. The smallest absolute Gasteiger partial charge is 0.0995 e. The van der Waals surface area contributed by atoms with E-state index in [-0.39, 0.29) is 20.7 Å². The molecule has 0 aliphatic carbocycles. The number of aromatic nitrogens is 1. The Bertz CT molecular complexity index is 460. The lowest BCUT2D eigenvalue weighted by Gasteiger charge is -2.24. The molecule has 0 fully saturated rings. The third-order valence-electron chi connectivity index (χ3n) is 2.33. The zero-order valence-electron chi connectivity index (χ0n) is 7.44. The number of halogens is 1. The highest BCUT2D eigenvalue weighted by molar-refractivity contribution is 14.2. The summed E-state index contributed by atoms with van der Waals surface area (Å²) in [7, 11) is 0. The molecule has 2 aliphatic heterocycles. The molecule has 0 saturated heterocycles. The van der Waals surface area contributed by atoms with Crippen molar-refractivity contribution in [2.24, 2.45) is 0 Å². The van der Waals surface area contributed by atoms with Crippen LogP contribution in [0.4, 0.5) is 0 Å². The maximum Gasteiger partial charge on any atom is 0.0995 e. The van der Waals surface area contributed by atoms with Gasteiger partial charge in [0.2, 0.25) is 0 Å². The van der Waals surface area contributed by atoms with E-state index in [0.717, 1.165) is 0 Å². The number of fused-ring (bicyclic) bond motifs is 3. The number of allylic oxidation sites excluding steroid dienone is 2. The number of nitrogens with zero attached hydrogens (tertiary/aromatic N) is 1. The first-order valence-corrected chi connectivity index (χ1v) is 6.82. The van der Waals surface area contributed by atoms with Gasteiger partial charge in [0.25, 0.3) is 0 Å². The quantitative estimate of drug-likeness (QED) is 0.743. The Morgan fingerprint density at radius 2 is 2.43 bits per heavy atom. The van der Waals surface area contributed by atoms with Gasteiger partial charge in [0.1, 0.15) is 0 Å². The molecule has 1 aromatic heterocycles. The summed E-state index contributed by atoms with van der Waals surface area (Å²) in [6.07, 6.45) is 8.17. The van der Waals surface area contributed by atoms with E-state index >= 15 is 0 Å². The van der Waals surface area contributed by atoms with Crippen LogP contribution in [-0.4, -0.2) is 9.00 Å². The fourth-order valence-corrected chi connectivity index (χ4v) is 4.13. The average molecular weight is 296 g/mol. The van der Waals surface area contributed by atoms with Crippen molar-refractivity contribution in [1.29, 1.82) is 0 Å². The van der Waals surface area contributed by atoms with Gasteiger partial charge in [0, 0.05) is 15.3 Å².